The highest BCUT2D eigenvalue weighted by Gasteiger charge is 2.38. The maximum atomic E-state index is 11.8. The first kappa shape index (κ1) is 14.0. The molecule has 0 aromatic carbocycles. The highest BCUT2D eigenvalue weighted by Crippen LogP contribution is 2.31. The highest BCUT2D eigenvalue weighted by atomic mass is 16.4. The van der Waals surface area contributed by atoms with Crippen LogP contribution in [0.5, 0.6) is 0 Å². The zero-order valence-electron chi connectivity index (χ0n) is 11.1. The van der Waals surface area contributed by atoms with Gasteiger partial charge in [0.15, 0.2) is 0 Å². The van der Waals surface area contributed by atoms with Crippen LogP contribution >= 0.6 is 0 Å². The van der Waals surface area contributed by atoms with Gasteiger partial charge >= 0.3 is 5.97 Å². The third-order valence-electron chi connectivity index (χ3n) is 3.76. The van der Waals surface area contributed by atoms with Crippen molar-refractivity contribution in [1.82, 2.24) is 9.80 Å². The second-order valence-electron chi connectivity index (χ2n) is 5.31. The number of amides is 1. The molecule has 1 N–H and O–H groups in total. The molecule has 5 nitrogen and oxygen atoms in total. The van der Waals surface area contributed by atoms with Crippen LogP contribution in [-0.4, -0.2) is 60.0 Å². The average molecular weight is 242 g/mol. The number of nitrogens with zero attached hydrogens (tertiary/aromatic N) is 2. The van der Waals surface area contributed by atoms with E-state index in [0.29, 0.717) is 25.9 Å². The molecule has 98 valence electrons. The lowest BCUT2D eigenvalue weighted by molar-refractivity contribution is -0.151. The minimum absolute atomic E-state index is 0.0731. The first-order valence-corrected chi connectivity index (χ1v) is 5.96. The Labute approximate surface area is 102 Å². The fraction of sp³-hybridized carbons (Fsp3) is 0.833. The van der Waals surface area contributed by atoms with Crippen molar-refractivity contribution in [2.24, 2.45) is 5.41 Å². The molecular weight excluding hydrogens is 220 g/mol. The third-order valence-corrected chi connectivity index (χ3v) is 3.76. The number of hydrogen-bond acceptors (Lipinski definition) is 3. The van der Waals surface area contributed by atoms with E-state index in [0.717, 1.165) is 0 Å². The second-order valence-corrected chi connectivity index (χ2v) is 5.31. The Morgan fingerprint density at radius 1 is 1.29 bits per heavy atom. The number of carboxylic acid groups (broad SMARTS) is 1. The van der Waals surface area contributed by atoms with E-state index in [1.807, 2.05) is 6.92 Å². The van der Waals surface area contributed by atoms with E-state index in [2.05, 4.69) is 4.90 Å². The molecule has 0 saturated carbocycles. The van der Waals surface area contributed by atoms with Crippen LogP contribution in [0.1, 0.15) is 26.7 Å². The number of carboxylic acids is 1. The van der Waals surface area contributed by atoms with Crippen molar-refractivity contribution in [2.75, 3.05) is 27.2 Å². The van der Waals surface area contributed by atoms with E-state index >= 15 is 0 Å². The van der Waals surface area contributed by atoms with Crippen molar-refractivity contribution in [2.45, 2.75) is 32.7 Å². The smallest absolute Gasteiger partial charge is 0.309 e. The standard InChI is InChI=1S/C12H22N2O3/c1-9(10(15)13(3)4)14-7-5-12(2,6-8-14)11(16)17/h9H,5-8H2,1-4H3,(H,16,17). The van der Waals surface area contributed by atoms with Crippen LogP contribution in [0.2, 0.25) is 0 Å². The number of hydrogen-bond donors (Lipinski definition) is 1. The molecule has 0 radical (unpaired) electrons. The minimum atomic E-state index is -0.733. The van der Waals surface area contributed by atoms with E-state index in [1.54, 1.807) is 25.9 Å². The Morgan fingerprint density at radius 3 is 2.12 bits per heavy atom. The topological polar surface area (TPSA) is 60.9 Å². The van der Waals surface area contributed by atoms with Crippen molar-refractivity contribution < 1.29 is 14.7 Å². The molecule has 1 atom stereocenters. The van der Waals surface area contributed by atoms with Gasteiger partial charge < -0.3 is 10.0 Å². The number of likely N-dealkylation sites (N-methyl/N-ethyl adjacent to an activating group) is 1. The number of aliphatic carboxylic acids is 1. The molecule has 0 aromatic rings. The molecule has 1 unspecified atom stereocenters. The van der Waals surface area contributed by atoms with Gasteiger partial charge in [-0.3, -0.25) is 14.5 Å². The van der Waals surface area contributed by atoms with Crippen LogP contribution in [0.3, 0.4) is 0 Å². The summed E-state index contributed by atoms with van der Waals surface area (Å²) in [6.45, 7) is 5.00. The summed E-state index contributed by atoms with van der Waals surface area (Å²) in [6, 6.07) is -0.164. The summed E-state index contributed by atoms with van der Waals surface area (Å²) in [5.74, 6) is -0.660. The molecule has 1 saturated heterocycles. The predicted octanol–water partition coefficient (Wildman–Crippen LogP) is 0.650. The average Bonchev–Trinajstić information content (AvgIpc) is 2.27. The summed E-state index contributed by atoms with van der Waals surface area (Å²) in [6.07, 6.45) is 1.21. The molecule has 0 aliphatic carbocycles. The van der Waals surface area contributed by atoms with Gasteiger partial charge in [-0.2, -0.15) is 0 Å². The lowest BCUT2D eigenvalue weighted by Crippen LogP contribution is -2.50. The molecular formula is C12H22N2O3. The van der Waals surface area contributed by atoms with Gasteiger partial charge in [0.05, 0.1) is 11.5 Å². The van der Waals surface area contributed by atoms with Crippen LogP contribution in [0.25, 0.3) is 0 Å². The van der Waals surface area contributed by atoms with Gasteiger partial charge in [-0.15, -0.1) is 0 Å². The molecule has 0 aromatic heterocycles. The van der Waals surface area contributed by atoms with Crippen LogP contribution < -0.4 is 0 Å². The first-order chi connectivity index (χ1) is 7.78. The summed E-state index contributed by atoms with van der Waals surface area (Å²) in [4.78, 5) is 26.5. The number of carbonyl (C=O) groups is 2. The zero-order valence-corrected chi connectivity index (χ0v) is 11.1. The van der Waals surface area contributed by atoms with Crippen molar-refractivity contribution in [3.63, 3.8) is 0 Å². The van der Waals surface area contributed by atoms with E-state index in [4.69, 9.17) is 5.11 Å². The molecule has 1 aliphatic rings. The quantitative estimate of drug-likeness (QED) is 0.789. The van der Waals surface area contributed by atoms with E-state index in [1.165, 1.54) is 0 Å². The third kappa shape index (κ3) is 2.97. The maximum absolute atomic E-state index is 11.8. The Morgan fingerprint density at radius 2 is 1.76 bits per heavy atom. The Kier molecular flexibility index (Phi) is 4.14. The van der Waals surface area contributed by atoms with Gasteiger partial charge in [0.1, 0.15) is 0 Å². The summed E-state index contributed by atoms with van der Waals surface area (Å²) < 4.78 is 0. The largest absolute Gasteiger partial charge is 0.481 e. The van der Waals surface area contributed by atoms with Gasteiger partial charge in [0.25, 0.3) is 0 Å². The Balaban J connectivity index is 2.58. The van der Waals surface area contributed by atoms with Crippen LogP contribution in [0.15, 0.2) is 0 Å². The second kappa shape index (κ2) is 5.04. The number of likely N-dealkylation sites (tertiary alicyclic amines) is 1. The first-order valence-electron chi connectivity index (χ1n) is 5.96. The number of rotatable bonds is 3. The monoisotopic (exact) mass is 242 g/mol. The number of carbonyl (C=O) groups excluding carboxylic acids is 1. The Hall–Kier alpha value is -1.10. The van der Waals surface area contributed by atoms with E-state index < -0.39 is 11.4 Å². The molecule has 17 heavy (non-hydrogen) atoms. The van der Waals surface area contributed by atoms with Gasteiger partial charge in [0, 0.05) is 14.1 Å². The van der Waals surface area contributed by atoms with Crippen molar-refractivity contribution in [3.8, 4) is 0 Å². The van der Waals surface area contributed by atoms with Crippen molar-refractivity contribution in [3.05, 3.63) is 0 Å². The molecule has 0 bridgehead atoms. The normalized spacial score (nSPS) is 21.9. The van der Waals surface area contributed by atoms with Gasteiger partial charge in [-0.05, 0) is 39.8 Å². The molecule has 1 rings (SSSR count). The summed E-state index contributed by atoms with van der Waals surface area (Å²) in [5.41, 5.74) is -0.628. The zero-order chi connectivity index (χ0) is 13.2. The summed E-state index contributed by atoms with van der Waals surface area (Å²) in [7, 11) is 3.48. The van der Waals surface area contributed by atoms with Crippen LogP contribution in [0, 0.1) is 5.41 Å². The molecule has 1 fully saturated rings. The molecule has 0 spiro atoms. The van der Waals surface area contributed by atoms with E-state index in [9.17, 15) is 9.59 Å². The Bertz CT molecular complexity index is 307. The van der Waals surface area contributed by atoms with Crippen LogP contribution in [-0.2, 0) is 9.59 Å². The SMILES string of the molecule is CC(C(=O)N(C)C)N1CCC(C)(C(=O)O)CC1. The fourth-order valence-electron chi connectivity index (χ4n) is 2.15. The fourth-order valence-corrected chi connectivity index (χ4v) is 2.15. The van der Waals surface area contributed by atoms with E-state index in [-0.39, 0.29) is 11.9 Å². The predicted molar refractivity (Wildman–Crippen MR) is 64.7 cm³/mol. The molecule has 1 amide bonds. The summed E-state index contributed by atoms with van der Waals surface area (Å²) in [5, 5.41) is 9.13. The lowest BCUT2D eigenvalue weighted by atomic mass is 9.80. The van der Waals surface area contributed by atoms with Crippen molar-refractivity contribution >= 4 is 11.9 Å². The van der Waals surface area contributed by atoms with Gasteiger partial charge in [-0.25, -0.2) is 0 Å². The van der Waals surface area contributed by atoms with Crippen LogP contribution in [0.4, 0.5) is 0 Å². The van der Waals surface area contributed by atoms with Gasteiger partial charge in [-0.1, -0.05) is 0 Å². The maximum Gasteiger partial charge on any atom is 0.309 e. The van der Waals surface area contributed by atoms with Crippen molar-refractivity contribution in [1.29, 1.82) is 0 Å². The number of piperidine rings is 1. The van der Waals surface area contributed by atoms with Gasteiger partial charge in [0.2, 0.25) is 5.91 Å². The molecule has 5 heteroatoms. The molecule has 1 aliphatic heterocycles. The minimum Gasteiger partial charge on any atom is -0.481 e. The lowest BCUT2D eigenvalue weighted by Gasteiger charge is -2.39. The molecule has 1 heterocycles. The summed E-state index contributed by atoms with van der Waals surface area (Å²) >= 11 is 0. The highest BCUT2D eigenvalue weighted by molar-refractivity contribution is 5.81.